The average Bonchev–Trinajstić information content (AvgIpc) is 2.29. The molecule has 1 aliphatic heterocycles. The van der Waals surface area contributed by atoms with Gasteiger partial charge in [0.2, 0.25) is 0 Å². The molecule has 0 saturated carbocycles. The minimum Gasteiger partial charge on any atom is -0.345 e. The molecule has 0 spiro atoms. The lowest BCUT2D eigenvalue weighted by molar-refractivity contribution is 0.846. The summed E-state index contributed by atoms with van der Waals surface area (Å²) in [6.45, 7) is 6.60. The van der Waals surface area contributed by atoms with Crippen molar-refractivity contribution in [2.75, 3.05) is 5.75 Å². The van der Waals surface area contributed by atoms with Gasteiger partial charge < -0.3 is 4.98 Å². The fraction of sp³-hybridized carbons (Fsp3) is 0.636. The summed E-state index contributed by atoms with van der Waals surface area (Å²) in [6.07, 6.45) is 0. The van der Waals surface area contributed by atoms with Crippen LogP contribution in [0.5, 0.6) is 0 Å². The number of aromatic nitrogens is 2. The third-order valence-electron chi connectivity index (χ3n) is 2.91. The van der Waals surface area contributed by atoms with Crippen molar-refractivity contribution in [3.8, 4) is 0 Å². The van der Waals surface area contributed by atoms with Crippen molar-refractivity contribution in [1.29, 1.82) is 0 Å². The lowest BCUT2D eigenvalue weighted by atomic mass is 10.3. The molecule has 1 saturated heterocycles. The van der Waals surface area contributed by atoms with Crippen LogP contribution >= 0.6 is 51.7 Å². The van der Waals surface area contributed by atoms with E-state index in [1.807, 2.05) is 30.4 Å². The Hall–Kier alpha value is 0.480. The summed E-state index contributed by atoms with van der Waals surface area (Å²) in [5.41, 5.74) is 1.07. The van der Waals surface area contributed by atoms with Crippen molar-refractivity contribution in [2.24, 2.45) is 0 Å². The van der Waals surface area contributed by atoms with Crippen molar-refractivity contribution in [2.45, 2.75) is 36.5 Å². The van der Waals surface area contributed by atoms with Crippen LogP contribution in [0.2, 0.25) is 0 Å². The third kappa shape index (κ3) is 3.08. The molecule has 0 amide bonds. The lowest BCUT2D eigenvalue weighted by Crippen LogP contribution is -2.23. The third-order valence-corrected chi connectivity index (χ3v) is 7.84. The van der Waals surface area contributed by atoms with E-state index in [0.29, 0.717) is 15.1 Å². The van der Waals surface area contributed by atoms with Gasteiger partial charge in [-0.15, -0.1) is 11.8 Å². The first-order valence-electron chi connectivity index (χ1n) is 5.52. The molecule has 17 heavy (non-hydrogen) atoms. The molecular weight excluding hydrogens is 336 g/mol. The molecule has 0 bridgehead atoms. The molecule has 2 nitrogen and oxygen atoms in total. The monoisotopic (exact) mass is 350 g/mol. The summed E-state index contributed by atoms with van der Waals surface area (Å²) in [7, 11) is 0. The maximum Gasteiger partial charge on any atom is 0.144 e. The second kappa shape index (κ2) is 5.63. The Labute approximate surface area is 124 Å². The zero-order chi connectivity index (χ0) is 12.6. The van der Waals surface area contributed by atoms with Gasteiger partial charge in [0.05, 0.1) is 9.72 Å². The molecule has 1 fully saturated rings. The Bertz CT molecular complexity index is 474. The largest absolute Gasteiger partial charge is 0.345 e. The van der Waals surface area contributed by atoms with Gasteiger partial charge in [-0.1, -0.05) is 26.1 Å². The number of H-pyrrole nitrogens is 1. The zero-order valence-electron chi connectivity index (χ0n) is 9.99. The molecule has 2 heterocycles. The number of nitrogens with zero attached hydrogens (tertiary/aromatic N) is 1. The van der Waals surface area contributed by atoms with Crippen LogP contribution in [0.4, 0.5) is 0 Å². The Balaban J connectivity index is 2.26. The fourth-order valence-corrected chi connectivity index (χ4v) is 4.98. The summed E-state index contributed by atoms with van der Waals surface area (Å²) in [5.74, 6) is 2.13. The van der Waals surface area contributed by atoms with Crippen LogP contribution < -0.4 is 0 Å². The van der Waals surface area contributed by atoms with Gasteiger partial charge in [0.25, 0.3) is 0 Å². The van der Waals surface area contributed by atoms with Crippen LogP contribution in [0, 0.1) is 11.6 Å². The van der Waals surface area contributed by atoms with E-state index in [4.69, 9.17) is 12.2 Å². The van der Waals surface area contributed by atoms with E-state index in [-0.39, 0.29) is 0 Å². The second-order valence-electron chi connectivity index (χ2n) is 4.23. The molecule has 1 aromatic heterocycles. The summed E-state index contributed by atoms with van der Waals surface area (Å²) in [4.78, 5) is 7.86. The van der Waals surface area contributed by atoms with E-state index >= 15 is 0 Å². The quantitative estimate of drug-likeness (QED) is 0.754. The topological polar surface area (TPSA) is 28.7 Å². The first-order chi connectivity index (χ1) is 7.99. The second-order valence-corrected chi connectivity index (χ2v) is 8.41. The van der Waals surface area contributed by atoms with Crippen LogP contribution in [0.3, 0.4) is 0 Å². The maximum atomic E-state index is 5.26. The maximum absolute atomic E-state index is 5.26. The number of aryl methyl sites for hydroxylation is 1. The Morgan fingerprint density at radius 3 is 2.71 bits per heavy atom. The van der Waals surface area contributed by atoms with E-state index in [1.54, 1.807) is 0 Å². The molecule has 1 aromatic rings. The molecule has 1 N–H and O–H groups in total. The van der Waals surface area contributed by atoms with Gasteiger partial charge in [-0.3, -0.25) is 0 Å². The number of hydrogen-bond acceptors (Lipinski definition) is 4. The highest BCUT2D eigenvalue weighted by Crippen LogP contribution is 2.43. The molecule has 0 aromatic carbocycles. The minimum absolute atomic E-state index is 0.430. The smallest absolute Gasteiger partial charge is 0.144 e. The molecule has 3 atom stereocenters. The Kier molecular flexibility index (Phi) is 4.61. The number of nitrogens with one attached hydrogen (secondary N) is 1. The molecule has 3 unspecified atom stereocenters. The predicted octanol–water partition coefficient (Wildman–Crippen LogP) is 4.51. The van der Waals surface area contributed by atoms with Gasteiger partial charge in [0.1, 0.15) is 10.5 Å². The van der Waals surface area contributed by atoms with Crippen molar-refractivity contribution in [3.63, 3.8) is 0 Å². The highest BCUT2D eigenvalue weighted by molar-refractivity contribution is 9.10. The summed E-state index contributed by atoms with van der Waals surface area (Å²) >= 11 is 12.7. The van der Waals surface area contributed by atoms with Crippen molar-refractivity contribution in [1.82, 2.24) is 9.97 Å². The van der Waals surface area contributed by atoms with Crippen molar-refractivity contribution < 1.29 is 0 Å². The van der Waals surface area contributed by atoms with E-state index in [1.165, 1.54) is 0 Å². The van der Waals surface area contributed by atoms with Crippen molar-refractivity contribution >= 4 is 51.7 Å². The summed E-state index contributed by atoms with van der Waals surface area (Å²) < 4.78 is 1.57. The van der Waals surface area contributed by atoms with Crippen LogP contribution in [0.25, 0.3) is 0 Å². The van der Waals surface area contributed by atoms with Crippen molar-refractivity contribution in [3.05, 3.63) is 20.6 Å². The standard InChI is InChI=1S/C11H15BrN2S3/c1-5-9(12)11(15)14-10(13-5)8-4-16-6(2)7(3)17-8/h6-8H,4H2,1-3H3,(H,13,14,15). The first-order valence-corrected chi connectivity index (χ1v) is 8.71. The van der Waals surface area contributed by atoms with Gasteiger partial charge in [-0.05, 0) is 22.9 Å². The van der Waals surface area contributed by atoms with Gasteiger partial charge in [0, 0.05) is 21.9 Å². The normalized spacial score (nSPS) is 29.3. The molecule has 94 valence electrons. The molecule has 0 aliphatic carbocycles. The van der Waals surface area contributed by atoms with Crippen LogP contribution in [0.1, 0.15) is 30.6 Å². The molecule has 0 radical (unpaired) electrons. The molecule has 2 rings (SSSR count). The zero-order valence-corrected chi connectivity index (χ0v) is 14.0. The first kappa shape index (κ1) is 13.9. The Morgan fingerprint density at radius 1 is 1.41 bits per heavy atom. The van der Waals surface area contributed by atoms with Gasteiger partial charge in [-0.25, -0.2) is 4.98 Å². The van der Waals surface area contributed by atoms with Crippen LogP contribution in [-0.4, -0.2) is 26.2 Å². The highest BCUT2D eigenvalue weighted by Gasteiger charge is 2.28. The predicted molar refractivity (Wildman–Crippen MR) is 83.6 cm³/mol. The average molecular weight is 351 g/mol. The van der Waals surface area contributed by atoms with Gasteiger partial charge >= 0.3 is 0 Å². The molecular formula is C11H15BrN2S3. The van der Waals surface area contributed by atoms with Crippen LogP contribution in [0.15, 0.2) is 4.47 Å². The number of aromatic amines is 1. The van der Waals surface area contributed by atoms with Crippen LogP contribution in [-0.2, 0) is 0 Å². The van der Waals surface area contributed by atoms with Gasteiger partial charge in [-0.2, -0.15) is 11.8 Å². The number of hydrogen-bond donors (Lipinski definition) is 1. The van der Waals surface area contributed by atoms with E-state index < -0.39 is 0 Å². The number of thioether (sulfide) groups is 2. The van der Waals surface area contributed by atoms with E-state index in [2.05, 4.69) is 39.7 Å². The Morgan fingerprint density at radius 2 is 2.12 bits per heavy atom. The number of halogens is 1. The summed E-state index contributed by atoms with van der Waals surface area (Å²) in [5, 5.41) is 1.81. The van der Waals surface area contributed by atoms with E-state index in [9.17, 15) is 0 Å². The molecule has 6 heteroatoms. The minimum atomic E-state index is 0.430. The SMILES string of the molecule is Cc1[nH]c(C2CSC(C)C(C)S2)nc(=S)c1Br. The highest BCUT2D eigenvalue weighted by atomic mass is 79.9. The van der Waals surface area contributed by atoms with Gasteiger partial charge in [0.15, 0.2) is 0 Å². The lowest BCUT2D eigenvalue weighted by Gasteiger charge is -2.30. The fourth-order valence-electron chi connectivity index (χ4n) is 1.67. The summed E-state index contributed by atoms with van der Waals surface area (Å²) in [6, 6.07) is 0. The van der Waals surface area contributed by atoms with E-state index in [0.717, 1.165) is 27.0 Å². The molecule has 1 aliphatic rings. The number of rotatable bonds is 1.